The van der Waals surface area contributed by atoms with Crippen molar-refractivity contribution in [1.82, 2.24) is 0 Å². The second kappa shape index (κ2) is 3.93. The van der Waals surface area contributed by atoms with Gasteiger partial charge in [0.1, 0.15) is 16.9 Å². The van der Waals surface area contributed by atoms with Gasteiger partial charge in [-0.25, -0.2) is 4.79 Å². The molecule has 1 aromatic heterocycles. The van der Waals surface area contributed by atoms with E-state index in [4.69, 9.17) is 14.9 Å². The highest BCUT2D eigenvalue weighted by molar-refractivity contribution is 5.98. The van der Waals surface area contributed by atoms with E-state index in [1.165, 1.54) is 7.11 Å². The molecule has 1 heterocycles. The topological polar surface area (TPSA) is 82.5 Å². The van der Waals surface area contributed by atoms with Crippen molar-refractivity contribution in [2.75, 3.05) is 7.11 Å². The molecule has 0 saturated heterocycles. The number of methoxy groups -OCH3 is 1. The van der Waals surface area contributed by atoms with Gasteiger partial charge in [-0.3, -0.25) is 4.79 Å². The number of carbonyl (C=O) groups excluding carboxylic acids is 1. The zero-order chi connectivity index (χ0) is 12.6. The van der Waals surface area contributed by atoms with Crippen LogP contribution in [0.4, 0.5) is 0 Å². The van der Waals surface area contributed by atoms with Crippen LogP contribution in [0, 0.1) is 6.92 Å². The fraction of sp³-hybridized carbons (Fsp3) is 0.167. The van der Waals surface area contributed by atoms with E-state index in [0.717, 1.165) is 0 Å². The second-order valence-electron chi connectivity index (χ2n) is 3.62. The minimum Gasteiger partial charge on any atom is -0.497 e. The number of fused-ring (bicyclic) bond motifs is 1. The fourth-order valence-electron chi connectivity index (χ4n) is 1.75. The summed E-state index contributed by atoms with van der Waals surface area (Å²) in [5.74, 6) is -0.208. The first-order valence-electron chi connectivity index (χ1n) is 4.96. The molecular formula is C12H11NO4. The number of hydrogen-bond donors (Lipinski definition) is 1. The molecule has 0 aliphatic heterocycles. The van der Waals surface area contributed by atoms with Gasteiger partial charge in [-0.2, -0.15) is 0 Å². The number of aryl methyl sites for hydroxylation is 1. The highest BCUT2D eigenvalue weighted by atomic mass is 16.5. The van der Waals surface area contributed by atoms with Crippen molar-refractivity contribution in [1.29, 1.82) is 0 Å². The van der Waals surface area contributed by atoms with Crippen molar-refractivity contribution < 1.29 is 13.9 Å². The average molecular weight is 233 g/mol. The van der Waals surface area contributed by atoms with Crippen molar-refractivity contribution in [3.8, 4) is 5.75 Å². The summed E-state index contributed by atoms with van der Waals surface area (Å²) in [5.41, 5.74) is 5.20. The van der Waals surface area contributed by atoms with Crippen molar-refractivity contribution in [2.45, 2.75) is 6.92 Å². The number of nitrogens with two attached hydrogens (primary N) is 1. The Labute approximate surface area is 96.8 Å². The summed E-state index contributed by atoms with van der Waals surface area (Å²) < 4.78 is 10.1. The van der Waals surface area contributed by atoms with Crippen molar-refractivity contribution in [3.63, 3.8) is 0 Å². The van der Waals surface area contributed by atoms with Gasteiger partial charge in [-0.1, -0.05) is 0 Å². The van der Waals surface area contributed by atoms with Gasteiger partial charge in [0, 0.05) is 11.5 Å². The number of carbonyl (C=O) groups is 1. The van der Waals surface area contributed by atoms with Crippen molar-refractivity contribution in [3.05, 3.63) is 39.7 Å². The highest BCUT2D eigenvalue weighted by Gasteiger charge is 2.15. The molecule has 1 aromatic carbocycles. The summed E-state index contributed by atoms with van der Waals surface area (Å²) in [6.07, 6.45) is 0. The molecular weight excluding hydrogens is 222 g/mol. The molecule has 0 unspecified atom stereocenters. The second-order valence-corrected chi connectivity index (χ2v) is 3.62. The molecule has 88 valence electrons. The van der Waals surface area contributed by atoms with E-state index in [-0.39, 0.29) is 5.56 Å². The summed E-state index contributed by atoms with van der Waals surface area (Å²) in [4.78, 5) is 22.7. The molecule has 5 heteroatoms. The van der Waals surface area contributed by atoms with Crippen LogP contribution in [0.25, 0.3) is 11.0 Å². The third-order valence-corrected chi connectivity index (χ3v) is 2.62. The molecule has 0 bridgehead atoms. The van der Waals surface area contributed by atoms with E-state index in [9.17, 15) is 9.59 Å². The van der Waals surface area contributed by atoms with Crippen LogP contribution in [-0.2, 0) is 0 Å². The first-order chi connectivity index (χ1) is 8.04. The van der Waals surface area contributed by atoms with Gasteiger partial charge in [0.15, 0.2) is 0 Å². The van der Waals surface area contributed by atoms with E-state index in [2.05, 4.69) is 0 Å². The molecule has 2 N–H and O–H groups in total. The normalized spacial score (nSPS) is 10.5. The van der Waals surface area contributed by atoms with E-state index in [0.29, 0.717) is 22.3 Å². The predicted molar refractivity (Wildman–Crippen MR) is 62.3 cm³/mol. The number of ether oxygens (including phenoxy) is 1. The van der Waals surface area contributed by atoms with Crippen LogP contribution < -0.4 is 16.1 Å². The average Bonchev–Trinajstić information content (AvgIpc) is 2.27. The summed E-state index contributed by atoms with van der Waals surface area (Å²) in [6, 6.07) is 5.04. The molecule has 17 heavy (non-hydrogen) atoms. The Morgan fingerprint density at radius 1 is 1.41 bits per heavy atom. The van der Waals surface area contributed by atoms with E-state index >= 15 is 0 Å². The maximum atomic E-state index is 11.6. The quantitative estimate of drug-likeness (QED) is 0.790. The first kappa shape index (κ1) is 11.2. The Morgan fingerprint density at radius 3 is 2.71 bits per heavy atom. The standard InChI is InChI=1S/C12H11NO4/c1-6-8-4-3-7(16-2)5-9(8)17-12(15)10(6)11(13)14/h3-5H,1-2H3,(H2,13,14). The molecule has 2 aromatic rings. The van der Waals surface area contributed by atoms with E-state index in [1.807, 2.05) is 0 Å². The third kappa shape index (κ3) is 1.75. The molecule has 0 atom stereocenters. The lowest BCUT2D eigenvalue weighted by molar-refractivity contribution is 0.0996. The number of primary amides is 1. The van der Waals surface area contributed by atoms with Gasteiger partial charge in [0.2, 0.25) is 0 Å². The first-order valence-corrected chi connectivity index (χ1v) is 4.96. The Hall–Kier alpha value is -2.30. The molecule has 0 aliphatic rings. The third-order valence-electron chi connectivity index (χ3n) is 2.62. The molecule has 5 nitrogen and oxygen atoms in total. The predicted octanol–water partition coefficient (Wildman–Crippen LogP) is 1.21. The van der Waals surface area contributed by atoms with Crippen LogP contribution in [0.2, 0.25) is 0 Å². The maximum Gasteiger partial charge on any atom is 0.349 e. The Bertz CT molecular complexity index is 657. The minimum absolute atomic E-state index is 0.109. The SMILES string of the molecule is COc1ccc2c(C)c(C(N)=O)c(=O)oc2c1. The van der Waals surface area contributed by atoms with Crippen LogP contribution >= 0.6 is 0 Å². The zero-order valence-corrected chi connectivity index (χ0v) is 9.44. The fourth-order valence-corrected chi connectivity index (χ4v) is 1.75. The van der Waals surface area contributed by atoms with Gasteiger partial charge in [-0.05, 0) is 24.6 Å². The van der Waals surface area contributed by atoms with Gasteiger partial charge >= 0.3 is 5.63 Å². The largest absolute Gasteiger partial charge is 0.497 e. The van der Waals surface area contributed by atoms with Crippen LogP contribution in [0.3, 0.4) is 0 Å². The Kier molecular flexibility index (Phi) is 2.59. The van der Waals surface area contributed by atoms with Gasteiger partial charge in [-0.15, -0.1) is 0 Å². The van der Waals surface area contributed by atoms with Crippen LogP contribution in [0.5, 0.6) is 5.75 Å². The molecule has 1 amide bonds. The Balaban J connectivity index is 2.86. The van der Waals surface area contributed by atoms with Crippen LogP contribution in [0.1, 0.15) is 15.9 Å². The number of rotatable bonds is 2. The molecule has 0 saturated carbocycles. The number of hydrogen-bond acceptors (Lipinski definition) is 4. The monoisotopic (exact) mass is 233 g/mol. The summed E-state index contributed by atoms with van der Waals surface area (Å²) in [6.45, 7) is 1.66. The van der Waals surface area contributed by atoms with Gasteiger partial charge < -0.3 is 14.9 Å². The van der Waals surface area contributed by atoms with Crippen LogP contribution in [0.15, 0.2) is 27.4 Å². The summed E-state index contributed by atoms with van der Waals surface area (Å²) >= 11 is 0. The molecule has 0 fully saturated rings. The van der Waals surface area contributed by atoms with Crippen molar-refractivity contribution in [2.24, 2.45) is 5.73 Å². The smallest absolute Gasteiger partial charge is 0.349 e. The Morgan fingerprint density at radius 2 is 2.12 bits per heavy atom. The molecule has 2 rings (SSSR count). The summed E-state index contributed by atoms with van der Waals surface area (Å²) in [7, 11) is 1.52. The minimum atomic E-state index is -0.783. The summed E-state index contributed by atoms with van der Waals surface area (Å²) in [5, 5.41) is 0.666. The molecule has 0 spiro atoms. The van der Waals surface area contributed by atoms with Gasteiger partial charge in [0.05, 0.1) is 7.11 Å². The maximum absolute atomic E-state index is 11.6. The van der Waals surface area contributed by atoms with E-state index < -0.39 is 11.5 Å². The number of amides is 1. The zero-order valence-electron chi connectivity index (χ0n) is 9.44. The van der Waals surface area contributed by atoms with E-state index in [1.54, 1.807) is 25.1 Å². The van der Waals surface area contributed by atoms with Gasteiger partial charge in [0.25, 0.3) is 5.91 Å². The lowest BCUT2D eigenvalue weighted by Gasteiger charge is -2.06. The molecule has 0 aliphatic carbocycles. The number of benzene rings is 1. The van der Waals surface area contributed by atoms with Crippen LogP contribution in [-0.4, -0.2) is 13.0 Å². The highest BCUT2D eigenvalue weighted by Crippen LogP contribution is 2.23. The molecule has 0 radical (unpaired) electrons. The van der Waals surface area contributed by atoms with Crippen molar-refractivity contribution >= 4 is 16.9 Å². The lowest BCUT2D eigenvalue weighted by atomic mass is 10.1. The lowest BCUT2D eigenvalue weighted by Crippen LogP contribution is -2.22.